The van der Waals surface area contributed by atoms with E-state index < -0.39 is 11.4 Å². The van der Waals surface area contributed by atoms with Crippen LogP contribution in [0.25, 0.3) is 0 Å². The Morgan fingerprint density at radius 3 is 2.02 bits per heavy atom. The van der Waals surface area contributed by atoms with Crippen LogP contribution in [0.5, 0.6) is 0 Å². The van der Waals surface area contributed by atoms with Crippen molar-refractivity contribution >= 4 is 11.9 Å². The molecular weight excluding hydrogens is 592 g/mol. The lowest BCUT2D eigenvalue weighted by atomic mass is 9.33. The number of carbonyl (C=O) groups excluding carboxylic acids is 1. The van der Waals surface area contributed by atoms with Crippen LogP contribution in [0.3, 0.4) is 0 Å². The summed E-state index contributed by atoms with van der Waals surface area (Å²) in [6.07, 6.45) is 26.5. The zero-order chi connectivity index (χ0) is 35.0. The molecule has 0 aromatic heterocycles. The van der Waals surface area contributed by atoms with Crippen molar-refractivity contribution in [3.8, 4) is 0 Å². The number of aliphatic carboxylic acids is 1. The first-order valence-electron chi connectivity index (χ1n) is 20.8. The summed E-state index contributed by atoms with van der Waals surface area (Å²) in [6, 6.07) is 0. The molecule has 0 amide bonds. The van der Waals surface area contributed by atoms with Crippen molar-refractivity contribution in [1.82, 2.24) is 0 Å². The Morgan fingerprint density at radius 2 is 1.40 bits per heavy atom. The molecule has 4 fully saturated rings. The molecule has 0 heterocycles. The molecule has 0 bridgehead atoms. The largest absolute Gasteiger partial charge is 0.481 e. The molecule has 274 valence electrons. The van der Waals surface area contributed by atoms with Gasteiger partial charge in [-0.05, 0) is 110 Å². The molecule has 5 aliphatic carbocycles. The Bertz CT molecular complexity index is 1170. The first-order valence-corrected chi connectivity index (χ1v) is 20.8. The zero-order valence-electron chi connectivity index (χ0n) is 32.6. The van der Waals surface area contributed by atoms with Crippen LogP contribution in [0.2, 0.25) is 0 Å². The number of allylic oxidation sites excluding steroid dienone is 2. The van der Waals surface area contributed by atoms with Crippen LogP contribution in [0, 0.1) is 56.7 Å². The lowest BCUT2D eigenvalue weighted by Crippen LogP contribution is -2.65. The van der Waals surface area contributed by atoms with Crippen molar-refractivity contribution in [1.29, 1.82) is 0 Å². The fourth-order valence-corrected chi connectivity index (χ4v) is 13.2. The predicted octanol–water partition coefficient (Wildman–Crippen LogP) is 12.3. The van der Waals surface area contributed by atoms with Gasteiger partial charge in [0.05, 0.1) is 5.41 Å². The van der Waals surface area contributed by atoms with Gasteiger partial charge in [-0.25, -0.2) is 0 Å². The minimum Gasteiger partial charge on any atom is -0.481 e. The van der Waals surface area contributed by atoms with Crippen LogP contribution < -0.4 is 0 Å². The number of hydrogen-bond acceptors (Lipinski definition) is 3. The molecule has 4 nitrogen and oxygen atoms in total. The fourth-order valence-electron chi connectivity index (χ4n) is 13.2. The van der Waals surface area contributed by atoms with Crippen LogP contribution in [0.4, 0.5) is 0 Å². The van der Waals surface area contributed by atoms with E-state index in [0.717, 1.165) is 57.8 Å². The number of carbonyl (C=O) groups is 2. The zero-order valence-corrected chi connectivity index (χ0v) is 32.6. The highest BCUT2D eigenvalue weighted by Crippen LogP contribution is 2.75. The van der Waals surface area contributed by atoms with Crippen LogP contribution in [-0.4, -0.2) is 23.1 Å². The van der Waals surface area contributed by atoms with Crippen molar-refractivity contribution < 1.29 is 19.4 Å². The normalized spacial score (nSPS) is 41.6. The molecule has 0 radical (unpaired) electrons. The van der Waals surface area contributed by atoms with Crippen LogP contribution in [-0.2, 0) is 14.3 Å². The highest BCUT2D eigenvalue weighted by Gasteiger charge is 2.69. The molecule has 0 aliphatic heterocycles. The summed E-state index contributed by atoms with van der Waals surface area (Å²) in [7, 11) is 0. The third-order valence-corrected chi connectivity index (χ3v) is 16.6. The van der Waals surface area contributed by atoms with E-state index in [2.05, 4.69) is 61.5 Å². The second-order valence-corrected chi connectivity index (χ2v) is 19.2. The number of rotatable bonds is 14. The molecule has 5 rings (SSSR count). The summed E-state index contributed by atoms with van der Waals surface area (Å²) in [4.78, 5) is 26.2. The van der Waals surface area contributed by atoms with Gasteiger partial charge in [0.25, 0.3) is 0 Å². The predicted molar refractivity (Wildman–Crippen MR) is 198 cm³/mol. The lowest BCUT2D eigenvalue weighted by Gasteiger charge is -2.71. The van der Waals surface area contributed by atoms with Gasteiger partial charge in [0.15, 0.2) is 0 Å². The first-order chi connectivity index (χ1) is 22.7. The topological polar surface area (TPSA) is 63.6 Å². The number of carboxylic acids is 1. The van der Waals surface area contributed by atoms with Gasteiger partial charge in [-0.1, -0.05) is 131 Å². The summed E-state index contributed by atoms with van der Waals surface area (Å²) >= 11 is 0. The summed E-state index contributed by atoms with van der Waals surface area (Å²) in [5, 5.41) is 10.7. The van der Waals surface area contributed by atoms with E-state index in [1.165, 1.54) is 76.2 Å². The lowest BCUT2D eigenvalue weighted by molar-refractivity contribution is -0.214. The standard InChI is InChI=1S/C44H74O4/c1-9-10-11-12-13-14-15-16-17-18-19-20-37(45)48-36-25-26-41(6)34(40(36,4)5)24-27-43(8)35(41)22-21-33-38-32(3)31(2)23-28-44(38,39(46)47)30-29-42(33,43)7/h21,31-32,34-36,38H,9-20,22-30H2,1-8H3,(H,46,47)/t31-,32+,34?,35-,36+,38+,41+,42-,43-,44+/m1/s1. The third-order valence-electron chi connectivity index (χ3n) is 16.6. The maximum Gasteiger partial charge on any atom is 0.310 e. The molecule has 5 aliphatic rings. The smallest absolute Gasteiger partial charge is 0.310 e. The van der Waals surface area contributed by atoms with E-state index >= 15 is 0 Å². The molecule has 0 aromatic carbocycles. The molecule has 0 spiro atoms. The highest BCUT2D eigenvalue weighted by molar-refractivity contribution is 5.76. The Hall–Kier alpha value is -1.32. The van der Waals surface area contributed by atoms with Gasteiger partial charge < -0.3 is 9.84 Å². The van der Waals surface area contributed by atoms with Crippen molar-refractivity contribution in [3.63, 3.8) is 0 Å². The summed E-state index contributed by atoms with van der Waals surface area (Å²) in [6.45, 7) is 19.5. The van der Waals surface area contributed by atoms with Crippen molar-refractivity contribution in [2.45, 2.75) is 196 Å². The average molecular weight is 667 g/mol. The van der Waals surface area contributed by atoms with Gasteiger partial charge >= 0.3 is 11.9 Å². The Balaban J connectivity index is 1.21. The molecule has 4 heteroatoms. The van der Waals surface area contributed by atoms with Gasteiger partial charge in [0.1, 0.15) is 6.10 Å². The van der Waals surface area contributed by atoms with Crippen LogP contribution in [0.1, 0.15) is 190 Å². The number of esters is 1. The second kappa shape index (κ2) is 14.7. The molecule has 48 heavy (non-hydrogen) atoms. The SMILES string of the molecule is CCCCCCCCCCCCCC(=O)O[C@H]1CC[C@@]2(C)C(CC[C@]3(C)[C@@H]2CC=C2[C@@H]4[C@@H](C)[C@H](C)CC[C@]4(C(=O)O)CC[C@]23C)C1(C)C. The maximum absolute atomic E-state index is 13.1. The van der Waals surface area contributed by atoms with Crippen LogP contribution >= 0.6 is 0 Å². The quantitative estimate of drug-likeness (QED) is 0.114. The van der Waals surface area contributed by atoms with Crippen molar-refractivity contribution in [3.05, 3.63) is 11.6 Å². The van der Waals surface area contributed by atoms with Crippen molar-refractivity contribution in [2.75, 3.05) is 0 Å². The third kappa shape index (κ3) is 6.48. The summed E-state index contributed by atoms with van der Waals surface area (Å²) in [5.41, 5.74) is 1.26. The minimum absolute atomic E-state index is 0.000796. The number of ether oxygens (including phenoxy) is 1. The van der Waals surface area contributed by atoms with Gasteiger partial charge in [0.2, 0.25) is 0 Å². The monoisotopic (exact) mass is 667 g/mol. The molecule has 0 aromatic rings. The molecule has 0 saturated heterocycles. The van der Waals surface area contributed by atoms with E-state index in [4.69, 9.17) is 4.74 Å². The van der Waals surface area contributed by atoms with Gasteiger partial charge in [0, 0.05) is 11.8 Å². The number of carboxylic acid groups (broad SMARTS) is 1. The number of unbranched alkanes of at least 4 members (excludes halogenated alkanes) is 10. The summed E-state index contributed by atoms with van der Waals surface area (Å²) in [5.74, 6) is 1.69. The van der Waals surface area contributed by atoms with E-state index in [-0.39, 0.29) is 39.7 Å². The van der Waals surface area contributed by atoms with E-state index in [9.17, 15) is 14.7 Å². The van der Waals surface area contributed by atoms with E-state index in [1.807, 2.05) is 0 Å². The molecule has 4 saturated carbocycles. The van der Waals surface area contributed by atoms with Crippen LogP contribution in [0.15, 0.2) is 11.6 Å². The number of fused-ring (bicyclic) bond motifs is 7. The van der Waals surface area contributed by atoms with Gasteiger partial charge in [-0.2, -0.15) is 0 Å². The first kappa shape index (κ1) is 37.9. The molecular formula is C44H74O4. The average Bonchev–Trinajstić information content (AvgIpc) is 3.03. The highest BCUT2D eigenvalue weighted by atomic mass is 16.5. The van der Waals surface area contributed by atoms with Gasteiger partial charge in [-0.15, -0.1) is 0 Å². The minimum atomic E-state index is -0.584. The van der Waals surface area contributed by atoms with E-state index in [1.54, 1.807) is 0 Å². The second-order valence-electron chi connectivity index (χ2n) is 19.2. The van der Waals surface area contributed by atoms with E-state index in [0.29, 0.717) is 30.1 Å². The molecule has 1 unspecified atom stereocenters. The number of hydrogen-bond donors (Lipinski definition) is 1. The Morgan fingerprint density at radius 1 is 0.771 bits per heavy atom. The molecule has 1 N–H and O–H groups in total. The summed E-state index contributed by atoms with van der Waals surface area (Å²) < 4.78 is 6.37. The maximum atomic E-state index is 13.1. The fraction of sp³-hybridized carbons (Fsp3) is 0.909. The van der Waals surface area contributed by atoms with Gasteiger partial charge in [-0.3, -0.25) is 9.59 Å². The Kier molecular flexibility index (Phi) is 11.6. The molecule has 10 atom stereocenters. The van der Waals surface area contributed by atoms with Crippen molar-refractivity contribution in [2.24, 2.45) is 56.7 Å². The Labute approximate surface area is 295 Å².